The number of benzene rings is 1. The molecule has 3 rings (SSSR count). The van der Waals surface area contributed by atoms with Gasteiger partial charge in [-0.25, -0.2) is 4.98 Å². The Bertz CT molecular complexity index is 889. The molecule has 1 aromatic carbocycles. The van der Waals surface area contributed by atoms with E-state index in [-0.39, 0.29) is 11.7 Å². The Morgan fingerprint density at radius 3 is 2.70 bits per heavy atom. The van der Waals surface area contributed by atoms with Gasteiger partial charge in [-0.2, -0.15) is 0 Å². The fraction of sp³-hybridized carbons (Fsp3) is 0.368. The number of nitrogens with one attached hydrogen (secondary N) is 1. The lowest BCUT2D eigenvalue weighted by atomic mass is 10.1. The van der Waals surface area contributed by atoms with E-state index in [2.05, 4.69) is 51.0 Å². The average Bonchev–Trinajstić information content (AvgIpc) is 3.20. The second-order valence-electron chi connectivity index (χ2n) is 6.70. The van der Waals surface area contributed by atoms with Crippen molar-refractivity contribution in [3.8, 4) is 0 Å². The molecule has 0 atom stereocenters. The van der Waals surface area contributed by atoms with Crippen LogP contribution in [0.25, 0.3) is 0 Å². The summed E-state index contributed by atoms with van der Waals surface area (Å²) in [7, 11) is 0. The molecule has 3 aromatic rings. The van der Waals surface area contributed by atoms with Gasteiger partial charge < -0.3 is 9.88 Å². The zero-order chi connectivity index (χ0) is 19.2. The number of hydrogen-bond donors (Lipinski definition) is 1. The molecule has 27 heavy (non-hydrogen) atoms. The number of nitrogens with zero attached hydrogens (tertiary/aromatic N) is 4. The van der Waals surface area contributed by atoms with E-state index in [1.165, 1.54) is 28.7 Å². The highest BCUT2D eigenvalue weighted by molar-refractivity contribution is 7.99. The third-order valence-electron chi connectivity index (χ3n) is 3.74. The predicted octanol–water partition coefficient (Wildman–Crippen LogP) is 4.02. The molecular weight excluding hydrogens is 378 g/mol. The number of hydrogen-bond acceptors (Lipinski definition) is 6. The van der Waals surface area contributed by atoms with Crippen molar-refractivity contribution in [1.82, 2.24) is 19.7 Å². The van der Waals surface area contributed by atoms with Crippen molar-refractivity contribution >= 4 is 34.1 Å². The molecule has 0 fully saturated rings. The third kappa shape index (κ3) is 5.64. The van der Waals surface area contributed by atoms with Crippen molar-refractivity contribution in [1.29, 1.82) is 0 Å². The molecule has 2 heterocycles. The van der Waals surface area contributed by atoms with E-state index in [0.29, 0.717) is 11.0 Å². The van der Waals surface area contributed by atoms with E-state index in [1.54, 1.807) is 0 Å². The number of carbonyl (C=O) groups excluding carboxylic acids is 1. The third-order valence-corrected chi connectivity index (χ3v) is 5.59. The van der Waals surface area contributed by atoms with E-state index in [9.17, 15) is 4.79 Å². The second kappa shape index (κ2) is 9.14. The standard InChI is InChI=1S/C19H23N5OS2/c1-13(2)10-24-16(9-15-7-5-4-6-8-15)22-23-19(24)27-12-17(25)21-18-20-14(3)11-26-18/h4-8,11,13H,9-10,12H2,1-3H3,(H,20,21,25). The molecule has 0 bridgehead atoms. The minimum Gasteiger partial charge on any atom is -0.305 e. The summed E-state index contributed by atoms with van der Waals surface area (Å²) in [6.45, 7) is 7.06. The molecule has 0 saturated heterocycles. The van der Waals surface area contributed by atoms with Crippen molar-refractivity contribution in [3.63, 3.8) is 0 Å². The van der Waals surface area contributed by atoms with Gasteiger partial charge in [0, 0.05) is 18.3 Å². The lowest BCUT2D eigenvalue weighted by Gasteiger charge is -2.12. The van der Waals surface area contributed by atoms with Crippen molar-refractivity contribution in [3.05, 3.63) is 52.8 Å². The Labute approximate surface area is 167 Å². The fourth-order valence-electron chi connectivity index (χ4n) is 2.58. The van der Waals surface area contributed by atoms with Crippen LogP contribution < -0.4 is 5.32 Å². The van der Waals surface area contributed by atoms with Crippen molar-refractivity contribution < 1.29 is 4.79 Å². The van der Waals surface area contributed by atoms with Gasteiger partial charge in [0.25, 0.3) is 0 Å². The van der Waals surface area contributed by atoms with Crippen LogP contribution in [-0.4, -0.2) is 31.4 Å². The molecule has 0 saturated carbocycles. The number of aromatic nitrogens is 4. The van der Waals surface area contributed by atoms with Crippen LogP contribution in [0, 0.1) is 12.8 Å². The first-order chi connectivity index (χ1) is 13.0. The zero-order valence-electron chi connectivity index (χ0n) is 15.7. The highest BCUT2D eigenvalue weighted by Crippen LogP contribution is 2.21. The van der Waals surface area contributed by atoms with Gasteiger partial charge in [0.05, 0.1) is 11.4 Å². The minimum absolute atomic E-state index is 0.0851. The highest BCUT2D eigenvalue weighted by atomic mass is 32.2. The summed E-state index contributed by atoms with van der Waals surface area (Å²) in [5, 5.41) is 14.9. The normalized spacial score (nSPS) is 11.1. The van der Waals surface area contributed by atoms with Gasteiger partial charge in [0.15, 0.2) is 10.3 Å². The Morgan fingerprint density at radius 2 is 2.04 bits per heavy atom. The Balaban J connectivity index is 1.67. The van der Waals surface area contributed by atoms with Crippen LogP contribution in [0.1, 0.15) is 30.9 Å². The van der Waals surface area contributed by atoms with Gasteiger partial charge in [0.2, 0.25) is 5.91 Å². The SMILES string of the molecule is Cc1csc(NC(=O)CSc2nnc(Cc3ccccc3)n2CC(C)C)n1. The molecule has 0 aliphatic carbocycles. The fourth-order valence-corrected chi connectivity index (χ4v) is 4.05. The average molecular weight is 402 g/mol. The molecule has 8 heteroatoms. The summed E-state index contributed by atoms with van der Waals surface area (Å²) in [6.07, 6.45) is 0.728. The van der Waals surface area contributed by atoms with Crippen LogP contribution in [0.3, 0.4) is 0 Å². The van der Waals surface area contributed by atoms with E-state index in [4.69, 9.17) is 0 Å². The summed E-state index contributed by atoms with van der Waals surface area (Å²) in [5.41, 5.74) is 2.11. The number of carbonyl (C=O) groups is 1. The Kier molecular flexibility index (Phi) is 6.63. The first-order valence-electron chi connectivity index (χ1n) is 8.82. The maximum absolute atomic E-state index is 12.2. The van der Waals surface area contributed by atoms with Crippen molar-refractivity contribution in [2.45, 2.75) is 38.9 Å². The quantitative estimate of drug-likeness (QED) is 0.577. The number of aryl methyl sites for hydroxylation is 1. The monoisotopic (exact) mass is 401 g/mol. The Hall–Kier alpha value is -2.19. The molecule has 0 unspecified atom stereocenters. The molecule has 0 spiro atoms. The van der Waals surface area contributed by atoms with Crippen LogP contribution in [0.5, 0.6) is 0 Å². The number of rotatable bonds is 8. The second-order valence-corrected chi connectivity index (χ2v) is 8.50. The predicted molar refractivity (Wildman–Crippen MR) is 110 cm³/mol. The lowest BCUT2D eigenvalue weighted by Crippen LogP contribution is -2.15. The number of amides is 1. The van der Waals surface area contributed by atoms with E-state index >= 15 is 0 Å². The van der Waals surface area contributed by atoms with E-state index < -0.39 is 0 Å². The summed E-state index contributed by atoms with van der Waals surface area (Å²) in [4.78, 5) is 16.5. The number of thiazole rings is 1. The van der Waals surface area contributed by atoms with Crippen LogP contribution in [0.4, 0.5) is 5.13 Å². The van der Waals surface area contributed by atoms with E-state index in [0.717, 1.165) is 29.6 Å². The van der Waals surface area contributed by atoms with Gasteiger partial charge in [-0.15, -0.1) is 21.5 Å². The minimum atomic E-state index is -0.0851. The zero-order valence-corrected chi connectivity index (χ0v) is 17.3. The van der Waals surface area contributed by atoms with Crippen molar-refractivity contribution in [2.75, 3.05) is 11.1 Å². The van der Waals surface area contributed by atoms with Gasteiger partial charge >= 0.3 is 0 Å². The molecule has 1 amide bonds. The lowest BCUT2D eigenvalue weighted by molar-refractivity contribution is -0.113. The molecular formula is C19H23N5OS2. The van der Waals surface area contributed by atoms with Crippen molar-refractivity contribution in [2.24, 2.45) is 5.92 Å². The molecule has 0 aliphatic heterocycles. The molecule has 0 aliphatic rings. The van der Waals surface area contributed by atoms with Crippen LogP contribution in [0.2, 0.25) is 0 Å². The van der Waals surface area contributed by atoms with Crippen LogP contribution in [0.15, 0.2) is 40.9 Å². The van der Waals surface area contributed by atoms with Crippen LogP contribution >= 0.6 is 23.1 Å². The highest BCUT2D eigenvalue weighted by Gasteiger charge is 2.16. The van der Waals surface area contributed by atoms with Gasteiger partial charge in [-0.05, 0) is 18.4 Å². The summed E-state index contributed by atoms with van der Waals surface area (Å²) in [6, 6.07) is 10.2. The summed E-state index contributed by atoms with van der Waals surface area (Å²) < 4.78 is 2.13. The number of anilines is 1. The summed E-state index contributed by atoms with van der Waals surface area (Å²) in [5.74, 6) is 1.58. The molecule has 2 aromatic heterocycles. The smallest absolute Gasteiger partial charge is 0.236 e. The van der Waals surface area contributed by atoms with Gasteiger partial charge in [-0.3, -0.25) is 4.79 Å². The topological polar surface area (TPSA) is 72.7 Å². The van der Waals surface area contributed by atoms with E-state index in [1.807, 2.05) is 30.5 Å². The first kappa shape index (κ1) is 19.6. The number of thioether (sulfide) groups is 1. The molecule has 142 valence electrons. The maximum atomic E-state index is 12.2. The summed E-state index contributed by atoms with van der Waals surface area (Å²) >= 11 is 2.84. The van der Waals surface area contributed by atoms with Gasteiger partial charge in [0.1, 0.15) is 5.82 Å². The molecule has 0 radical (unpaired) electrons. The Morgan fingerprint density at radius 1 is 1.26 bits per heavy atom. The molecule has 6 nitrogen and oxygen atoms in total. The maximum Gasteiger partial charge on any atom is 0.236 e. The van der Waals surface area contributed by atoms with Gasteiger partial charge in [-0.1, -0.05) is 55.9 Å². The largest absolute Gasteiger partial charge is 0.305 e. The molecule has 1 N–H and O–H groups in total. The van der Waals surface area contributed by atoms with Crippen LogP contribution in [-0.2, 0) is 17.8 Å². The first-order valence-corrected chi connectivity index (χ1v) is 10.7.